The minimum absolute atomic E-state index is 0.181. The number of rotatable bonds is 6. The standard InChI is InChI=1S/C10H15BrN2O2/c1-2-5-12-6-7-13-10(14)8-3-4-9(11)15-8/h3-4,12H,2,5-7H2,1H3,(H,13,14). The highest BCUT2D eigenvalue weighted by Gasteiger charge is 2.08. The number of nitrogens with one attached hydrogen (secondary N) is 2. The first-order chi connectivity index (χ1) is 7.24. The fourth-order valence-corrected chi connectivity index (χ4v) is 1.40. The van der Waals surface area contributed by atoms with Crippen LogP contribution in [0.1, 0.15) is 23.9 Å². The predicted molar refractivity (Wildman–Crippen MR) is 61.9 cm³/mol. The Morgan fingerprint density at radius 3 is 2.80 bits per heavy atom. The van der Waals surface area contributed by atoms with Crippen molar-refractivity contribution in [3.05, 3.63) is 22.6 Å². The smallest absolute Gasteiger partial charge is 0.287 e. The van der Waals surface area contributed by atoms with Crippen molar-refractivity contribution < 1.29 is 9.21 Å². The topological polar surface area (TPSA) is 54.3 Å². The summed E-state index contributed by atoms with van der Waals surface area (Å²) >= 11 is 3.14. The second kappa shape index (κ2) is 6.63. The summed E-state index contributed by atoms with van der Waals surface area (Å²) < 4.78 is 5.67. The van der Waals surface area contributed by atoms with Crippen molar-refractivity contribution in [2.75, 3.05) is 19.6 Å². The minimum Gasteiger partial charge on any atom is -0.444 e. The first-order valence-corrected chi connectivity index (χ1v) is 5.77. The van der Waals surface area contributed by atoms with E-state index in [1.807, 2.05) is 0 Å². The summed E-state index contributed by atoms with van der Waals surface area (Å²) in [4.78, 5) is 11.4. The van der Waals surface area contributed by atoms with Crippen LogP contribution in [0.3, 0.4) is 0 Å². The van der Waals surface area contributed by atoms with Crippen molar-refractivity contribution >= 4 is 21.8 Å². The maximum atomic E-state index is 11.4. The number of carbonyl (C=O) groups is 1. The van der Waals surface area contributed by atoms with E-state index < -0.39 is 0 Å². The van der Waals surface area contributed by atoms with Crippen LogP contribution in [-0.4, -0.2) is 25.5 Å². The van der Waals surface area contributed by atoms with Gasteiger partial charge in [0.1, 0.15) is 0 Å². The highest BCUT2D eigenvalue weighted by molar-refractivity contribution is 9.10. The van der Waals surface area contributed by atoms with Crippen molar-refractivity contribution in [3.63, 3.8) is 0 Å². The third-order valence-electron chi connectivity index (χ3n) is 1.81. The van der Waals surface area contributed by atoms with E-state index >= 15 is 0 Å². The molecule has 1 heterocycles. The first kappa shape index (κ1) is 12.3. The Balaban J connectivity index is 2.19. The van der Waals surface area contributed by atoms with Gasteiger partial charge in [0.15, 0.2) is 10.4 Å². The van der Waals surface area contributed by atoms with Gasteiger partial charge in [-0.15, -0.1) is 0 Å². The van der Waals surface area contributed by atoms with E-state index in [9.17, 15) is 4.79 Å². The van der Waals surface area contributed by atoms with Crippen LogP contribution in [0.5, 0.6) is 0 Å². The molecule has 1 amide bonds. The maximum absolute atomic E-state index is 11.4. The van der Waals surface area contributed by atoms with Crippen LogP contribution in [0.25, 0.3) is 0 Å². The molecule has 2 N–H and O–H groups in total. The van der Waals surface area contributed by atoms with Gasteiger partial charge in [0, 0.05) is 13.1 Å². The summed E-state index contributed by atoms with van der Waals surface area (Å²) in [7, 11) is 0. The number of halogens is 1. The van der Waals surface area contributed by atoms with Crippen molar-refractivity contribution in [2.24, 2.45) is 0 Å². The average molecular weight is 275 g/mol. The summed E-state index contributed by atoms with van der Waals surface area (Å²) in [5.74, 6) is 0.149. The van der Waals surface area contributed by atoms with Crippen molar-refractivity contribution in [1.29, 1.82) is 0 Å². The van der Waals surface area contributed by atoms with Crippen molar-refractivity contribution in [1.82, 2.24) is 10.6 Å². The number of hydrogen-bond donors (Lipinski definition) is 2. The SMILES string of the molecule is CCCNCCNC(=O)c1ccc(Br)o1. The van der Waals surface area contributed by atoms with Gasteiger partial charge in [0.2, 0.25) is 0 Å². The van der Waals surface area contributed by atoms with Crippen molar-refractivity contribution in [3.8, 4) is 0 Å². The Morgan fingerprint density at radius 2 is 2.20 bits per heavy atom. The van der Waals surface area contributed by atoms with Gasteiger partial charge in [-0.25, -0.2) is 0 Å². The Morgan fingerprint density at radius 1 is 1.40 bits per heavy atom. The molecule has 1 rings (SSSR count). The van der Waals surface area contributed by atoms with Crippen LogP contribution in [0.4, 0.5) is 0 Å². The van der Waals surface area contributed by atoms with E-state index in [2.05, 4.69) is 33.5 Å². The lowest BCUT2D eigenvalue weighted by molar-refractivity contribution is 0.0925. The van der Waals surface area contributed by atoms with Gasteiger partial charge in [0.25, 0.3) is 5.91 Å². The number of amides is 1. The Hall–Kier alpha value is -0.810. The highest BCUT2D eigenvalue weighted by atomic mass is 79.9. The normalized spacial score (nSPS) is 10.3. The molecule has 15 heavy (non-hydrogen) atoms. The molecular formula is C10H15BrN2O2. The van der Waals surface area contributed by atoms with Crippen LogP contribution in [0, 0.1) is 0 Å². The van der Waals surface area contributed by atoms with Gasteiger partial charge >= 0.3 is 0 Å². The molecule has 0 saturated heterocycles. The zero-order valence-electron chi connectivity index (χ0n) is 8.68. The fourth-order valence-electron chi connectivity index (χ4n) is 1.09. The van der Waals surface area contributed by atoms with Crippen molar-refractivity contribution in [2.45, 2.75) is 13.3 Å². The van der Waals surface area contributed by atoms with Gasteiger partial charge in [-0.1, -0.05) is 6.92 Å². The lowest BCUT2D eigenvalue weighted by Crippen LogP contribution is -2.31. The summed E-state index contributed by atoms with van der Waals surface area (Å²) in [5, 5.41) is 5.95. The van der Waals surface area contributed by atoms with Crippen LogP contribution in [0.2, 0.25) is 0 Å². The molecule has 0 radical (unpaired) electrons. The lowest BCUT2D eigenvalue weighted by Gasteiger charge is -2.03. The van der Waals surface area contributed by atoms with E-state index in [0.29, 0.717) is 17.0 Å². The molecule has 0 unspecified atom stereocenters. The van der Waals surface area contributed by atoms with E-state index in [4.69, 9.17) is 4.42 Å². The molecule has 0 aromatic carbocycles. The second-order valence-corrected chi connectivity index (χ2v) is 3.89. The van der Waals surface area contributed by atoms with Crippen LogP contribution in [0.15, 0.2) is 21.2 Å². The molecule has 1 aromatic heterocycles. The Kier molecular flexibility index (Phi) is 5.42. The largest absolute Gasteiger partial charge is 0.444 e. The summed E-state index contributed by atoms with van der Waals surface area (Å²) in [6.45, 7) is 4.47. The second-order valence-electron chi connectivity index (χ2n) is 3.11. The predicted octanol–water partition coefficient (Wildman–Crippen LogP) is 1.77. The molecular weight excluding hydrogens is 260 g/mol. The van der Waals surface area contributed by atoms with E-state index in [0.717, 1.165) is 19.5 Å². The monoisotopic (exact) mass is 274 g/mol. The van der Waals surface area contributed by atoms with Gasteiger partial charge in [-0.05, 0) is 41.0 Å². The third-order valence-corrected chi connectivity index (χ3v) is 2.24. The number of carbonyl (C=O) groups excluding carboxylic acids is 1. The summed E-state index contributed by atoms with van der Waals surface area (Å²) in [6, 6.07) is 3.34. The van der Waals surface area contributed by atoms with Gasteiger partial charge in [-0.2, -0.15) is 0 Å². The third kappa shape index (κ3) is 4.48. The van der Waals surface area contributed by atoms with Gasteiger partial charge in [-0.3, -0.25) is 4.79 Å². The molecule has 1 aromatic rings. The molecule has 0 fully saturated rings. The molecule has 0 aliphatic heterocycles. The quantitative estimate of drug-likeness (QED) is 0.778. The van der Waals surface area contributed by atoms with E-state index in [-0.39, 0.29) is 5.91 Å². The fraction of sp³-hybridized carbons (Fsp3) is 0.500. The highest BCUT2D eigenvalue weighted by Crippen LogP contribution is 2.13. The minimum atomic E-state index is -0.181. The molecule has 0 atom stereocenters. The molecule has 0 aliphatic carbocycles. The number of hydrogen-bond acceptors (Lipinski definition) is 3. The molecule has 84 valence electrons. The van der Waals surface area contributed by atoms with Crippen LogP contribution >= 0.6 is 15.9 Å². The average Bonchev–Trinajstić information content (AvgIpc) is 2.64. The Bertz CT molecular complexity index is 312. The lowest BCUT2D eigenvalue weighted by atomic mass is 10.4. The zero-order valence-corrected chi connectivity index (χ0v) is 10.3. The summed E-state index contributed by atoms with van der Waals surface area (Å²) in [5.41, 5.74) is 0. The van der Waals surface area contributed by atoms with Gasteiger partial charge < -0.3 is 15.1 Å². The molecule has 0 spiro atoms. The maximum Gasteiger partial charge on any atom is 0.287 e. The van der Waals surface area contributed by atoms with Gasteiger partial charge in [0.05, 0.1) is 0 Å². The molecule has 5 heteroatoms. The molecule has 0 saturated carbocycles. The molecule has 4 nitrogen and oxygen atoms in total. The van der Waals surface area contributed by atoms with E-state index in [1.54, 1.807) is 12.1 Å². The Labute approximate surface area is 97.5 Å². The summed E-state index contributed by atoms with van der Waals surface area (Å²) in [6.07, 6.45) is 1.10. The van der Waals surface area contributed by atoms with Crippen LogP contribution in [-0.2, 0) is 0 Å². The number of furan rings is 1. The molecule has 0 aliphatic rings. The molecule has 0 bridgehead atoms. The van der Waals surface area contributed by atoms with E-state index in [1.165, 1.54) is 0 Å². The zero-order chi connectivity index (χ0) is 11.1. The first-order valence-electron chi connectivity index (χ1n) is 4.98. The van der Waals surface area contributed by atoms with Crippen LogP contribution < -0.4 is 10.6 Å².